The number of carbonyl (C=O) groups is 1. The largest absolute Gasteiger partial charge is 0.496 e. The van der Waals surface area contributed by atoms with E-state index in [9.17, 15) is 4.79 Å². The van der Waals surface area contributed by atoms with Crippen molar-refractivity contribution < 1.29 is 9.53 Å². The molecule has 0 unspecified atom stereocenters. The van der Waals surface area contributed by atoms with E-state index in [0.717, 1.165) is 5.76 Å². The Balaban J connectivity index is 2.43. The Bertz CT molecular complexity index is 201. The van der Waals surface area contributed by atoms with Crippen LogP contribution in [0.3, 0.4) is 0 Å². The third-order valence-corrected chi connectivity index (χ3v) is 1.67. The maximum atomic E-state index is 11.2. The molecule has 0 saturated heterocycles. The van der Waals surface area contributed by atoms with Gasteiger partial charge in [-0.1, -0.05) is 0 Å². The molecule has 0 bridgehead atoms. The molecule has 0 radical (unpaired) electrons. The van der Waals surface area contributed by atoms with Crippen LogP contribution in [0.5, 0.6) is 0 Å². The lowest BCUT2D eigenvalue weighted by Gasteiger charge is -2.14. The third-order valence-electron chi connectivity index (χ3n) is 1.67. The molecular formula is C8H14N2O2. The smallest absolute Gasteiger partial charge is 0.250 e. The second kappa shape index (κ2) is 4.11. The molecule has 4 nitrogen and oxygen atoms in total. The highest BCUT2D eigenvalue weighted by molar-refractivity contribution is 5.90. The number of ether oxygens (including phenoxy) is 1. The minimum absolute atomic E-state index is 0.00361. The lowest BCUT2D eigenvalue weighted by Crippen LogP contribution is -2.31. The first-order valence-electron chi connectivity index (χ1n) is 4.10. The van der Waals surface area contributed by atoms with Gasteiger partial charge in [-0.25, -0.2) is 0 Å². The van der Waals surface area contributed by atoms with E-state index in [-0.39, 0.29) is 5.91 Å². The van der Waals surface area contributed by atoms with Gasteiger partial charge >= 0.3 is 0 Å². The van der Waals surface area contributed by atoms with E-state index in [1.54, 1.807) is 4.90 Å². The Morgan fingerprint density at radius 1 is 1.75 bits per heavy atom. The lowest BCUT2D eigenvalue weighted by molar-refractivity contribution is -0.124. The second-order valence-electron chi connectivity index (χ2n) is 2.59. The fourth-order valence-corrected chi connectivity index (χ4v) is 1.16. The summed E-state index contributed by atoms with van der Waals surface area (Å²) in [5, 5.41) is 0. The standard InChI is InChI=1S/C8H14N2O2/c1-2-12-7-5-8(11)10(6-7)4-3-9/h5H,2-4,6,9H2,1H3. The molecule has 0 aliphatic carbocycles. The number of carbonyl (C=O) groups excluding carboxylic acids is 1. The first-order chi connectivity index (χ1) is 5.77. The lowest BCUT2D eigenvalue weighted by atomic mass is 10.5. The highest BCUT2D eigenvalue weighted by atomic mass is 16.5. The van der Waals surface area contributed by atoms with Gasteiger partial charge in [0.25, 0.3) is 0 Å². The van der Waals surface area contributed by atoms with E-state index in [4.69, 9.17) is 10.5 Å². The molecule has 1 aliphatic heterocycles. The molecular weight excluding hydrogens is 156 g/mol. The van der Waals surface area contributed by atoms with Gasteiger partial charge < -0.3 is 15.4 Å². The summed E-state index contributed by atoms with van der Waals surface area (Å²) in [4.78, 5) is 12.8. The predicted octanol–water partition coefficient (Wildman–Crippen LogP) is -0.292. The Morgan fingerprint density at radius 2 is 2.50 bits per heavy atom. The van der Waals surface area contributed by atoms with Gasteiger partial charge in [-0.2, -0.15) is 0 Å². The van der Waals surface area contributed by atoms with Gasteiger partial charge in [-0.05, 0) is 6.92 Å². The molecule has 0 aromatic carbocycles. The average molecular weight is 170 g/mol. The van der Waals surface area contributed by atoms with Crippen molar-refractivity contribution in [3.8, 4) is 0 Å². The van der Waals surface area contributed by atoms with E-state index in [1.165, 1.54) is 6.08 Å². The van der Waals surface area contributed by atoms with Crippen molar-refractivity contribution in [1.82, 2.24) is 4.90 Å². The van der Waals surface area contributed by atoms with Gasteiger partial charge in [0.1, 0.15) is 5.76 Å². The second-order valence-corrected chi connectivity index (χ2v) is 2.59. The maximum Gasteiger partial charge on any atom is 0.250 e. The molecule has 0 fully saturated rings. The Labute approximate surface area is 72.0 Å². The molecule has 0 aromatic heterocycles. The zero-order chi connectivity index (χ0) is 8.97. The van der Waals surface area contributed by atoms with Crippen LogP contribution in [0, 0.1) is 0 Å². The first kappa shape index (κ1) is 9.06. The quantitative estimate of drug-likeness (QED) is 0.630. The van der Waals surface area contributed by atoms with Gasteiger partial charge in [0.2, 0.25) is 5.91 Å². The average Bonchev–Trinajstić information content (AvgIpc) is 2.34. The van der Waals surface area contributed by atoms with Gasteiger partial charge in [0, 0.05) is 19.2 Å². The predicted molar refractivity (Wildman–Crippen MR) is 45.3 cm³/mol. The van der Waals surface area contributed by atoms with E-state index >= 15 is 0 Å². The van der Waals surface area contributed by atoms with Crippen molar-refractivity contribution in [3.05, 3.63) is 11.8 Å². The van der Waals surface area contributed by atoms with Crippen LogP contribution in [-0.4, -0.2) is 37.0 Å². The minimum Gasteiger partial charge on any atom is -0.496 e. The van der Waals surface area contributed by atoms with Crippen molar-refractivity contribution in [2.24, 2.45) is 5.73 Å². The highest BCUT2D eigenvalue weighted by Gasteiger charge is 2.20. The van der Waals surface area contributed by atoms with Crippen LogP contribution in [0.1, 0.15) is 6.92 Å². The highest BCUT2D eigenvalue weighted by Crippen LogP contribution is 2.10. The van der Waals surface area contributed by atoms with Gasteiger partial charge in [-0.15, -0.1) is 0 Å². The van der Waals surface area contributed by atoms with Crippen LogP contribution >= 0.6 is 0 Å². The van der Waals surface area contributed by atoms with Crippen molar-refractivity contribution in [2.45, 2.75) is 6.92 Å². The van der Waals surface area contributed by atoms with Gasteiger partial charge in [0.05, 0.1) is 13.2 Å². The van der Waals surface area contributed by atoms with Crippen LogP contribution in [0.4, 0.5) is 0 Å². The monoisotopic (exact) mass is 170 g/mol. The summed E-state index contributed by atoms with van der Waals surface area (Å²) >= 11 is 0. The summed E-state index contributed by atoms with van der Waals surface area (Å²) in [7, 11) is 0. The molecule has 1 rings (SSSR count). The Kier molecular flexibility index (Phi) is 3.10. The third kappa shape index (κ3) is 1.98. The van der Waals surface area contributed by atoms with Crippen molar-refractivity contribution in [3.63, 3.8) is 0 Å². The van der Waals surface area contributed by atoms with Crippen molar-refractivity contribution >= 4 is 5.91 Å². The number of hydrogen-bond donors (Lipinski definition) is 1. The fourth-order valence-electron chi connectivity index (χ4n) is 1.16. The zero-order valence-corrected chi connectivity index (χ0v) is 7.25. The summed E-state index contributed by atoms with van der Waals surface area (Å²) < 4.78 is 5.21. The Morgan fingerprint density at radius 3 is 3.08 bits per heavy atom. The molecule has 12 heavy (non-hydrogen) atoms. The van der Waals surface area contributed by atoms with Gasteiger partial charge in [0.15, 0.2) is 0 Å². The number of rotatable bonds is 4. The number of amides is 1. The summed E-state index contributed by atoms with van der Waals surface area (Å²) in [6, 6.07) is 0. The maximum absolute atomic E-state index is 11.2. The number of nitrogens with two attached hydrogens (primary N) is 1. The molecule has 0 atom stereocenters. The van der Waals surface area contributed by atoms with Crippen LogP contribution in [-0.2, 0) is 9.53 Å². The van der Waals surface area contributed by atoms with Crippen LogP contribution in [0.25, 0.3) is 0 Å². The molecule has 0 aromatic rings. The summed E-state index contributed by atoms with van der Waals surface area (Å²) in [6.45, 7) is 4.18. The molecule has 0 spiro atoms. The van der Waals surface area contributed by atoms with Crippen LogP contribution < -0.4 is 5.73 Å². The number of nitrogens with zero attached hydrogens (tertiary/aromatic N) is 1. The minimum atomic E-state index is 0.00361. The van der Waals surface area contributed by atoms with E-state index in [0.29, 0.717) is 26.2 Å². The van der Waals surface area contributed by atoms with E-state index < -0.39 is 0 Å². The molecule has 2 N–H and O–H groups in total. The molecule has 1 aliphatic rings. The van der Waals surface area contributed by atoms with Crippen LogP contribution in [0.2, 0.25) is 0 Å². The normalized spacial score (nSPS) is 16.7. The Hall–Kier alpha value is -1.03. The molecule has 0 saturated carbocycles. The zero-order valence-electron chi connectivity index (χ0n) is 7.25. The molecule has 1 amide bonds. The SMILES string of the molecule is CCOC1=CC(=O)N(CCN)C1. The summed E-state index contributed by atoms with van der Waals surface area (Å²) in [6.07, 6.45) is 1.53. The molecule has 4 heteroatoms. The fraction of sp³-hybridized carbons (Fsp3) is 0.625. The number of hydrogen-bond acceptors (Lipinski definition) is 3. The van der Waals surface area contributed by atoms with E-state index in [1.807, 2.05) is 6.92 Å². The van der Waals surface area contributed by atoms with Gasteiger partial charge in [-0.3, -0.25) is 4.79 Å². The molecule has 68 valence electrons. The topological polar surface area (TPSA) is 55.6 Å². The summed E-state index contributed by atoms with van der Waals surface area (Å²) in [5.74, 6) is 0.750. The summed E-state index contributed by atoms with van der Waals surface area (Å²) in [5.41, 5.74) is 5.33. The molecule has 1 heterocycles. The van der Waals surface area contributed by atoms with Crippen molar-refractivity contribution in [1.29, 1.82) is 0 Å². The van der Waals surface area contributed by atoms with Crippen molar-refractivity contribution in [2.75, 3.05) is 26.2 Å². The first-order valence-corrected chi connectivity index (χ1v) is 4.10. The van der Waals surface area contributed by atoms with E-state index in [2.05, 4.69) is 0 Å². The van der Waals surface area contributed by atoms with Crippen LogP contribution in [0.15, 0.2) is 11.8 Å².